The molecule has 0 saturated heterocycles. The van der Waals surface area contributed by atoms with Crippen LogP contribution in [-0.4, -0.2) is 29.3 Å². The number of aromatic carboxylic acids is 1. The first-order valence-electron chi connectivity index (χ1n) is 8.56. The predicted molar refractivity (Wildman–Crippen MR) is 105 cm³/mol. The zero-order chi connectivity index (χ0) is 19.9. The maximum absolute atomic E-state index is 13.2. The van der Waals surface area contributed by atoms with Crippen LogP contribution in [0.15, 0.2) is 53.7 Å². The lowest BCUT2D eigenvalue weighted by atomic mass is 10.1. The topological polar surface area (TPSA) is 101 Å². The third kappa shape index (κ3) is 3.36. The van der Waals surface area contributed by atoms with Crippen molar-refractivity contribution in [2.75, 3.05) is 4.72 Å². The third-order valence-electron chi connectivity index (χ3n) is 4.66. The minimum absolute atomic E-state index is 0.00806. The van der Waals surface area contributed by atoms with E-state index in [4.69, 9.17) is 11.6 Å². The molecule has 0 spiro atoms. The van der Waals surface area contributed by atoms with Crippen LogP contribution in [0.2, 0.25) is 5.02 Å². The number of aryl methyl sites for hydroxylation is 1. The lowest BCUT2D eigenvalue weighted by Gasteiger charge is -2.16. The van der Waals surface area contributed by atoms with Crippen LogP contribution in [0.25, 0.3) is 5.69 Å². The first kappa shape index (κ1) is 18.5. The van der Waals surface area contributed by atoms with Crippen LogP contribution in [0.5, 0.6) is 0 Å². The van der Waals surface area contributed by atoms with Crippen LogP contribution in [0.3, 0.4) is 0 Å². The van der Waals surface area contributed by atoms with Crippen LogP contribution in [0, 0.1) is 0 Å². The van der Waals surface area contributed by atoms with Gasteiger partial charge in [0.15, 0.2) is 0 Å². The molecule has 1 aliphatic rings. The summed E-state index contributed by atoms with van der Waals surface area (Å²) in [6, 6.07) is 9.28. The highest BCUT2D eigenvalue weighted by molar-refractivity contribution is 7.92. The van der Waals surface area contributed by atoms with Gasteiger partial charge in [0.2, 0.25) is 0 Å². The van der Waals surface area contributed by atoms with E-state index in [1.54, 1.807) is 36.7 Å². The number of anilines is 1. The van der Waals surface area contributed by atoms with Crippen molar-refractivity contribution in [2.24, 2.45) is 0 Å². The molecule has 0 amide bonds. The zero-order valence-corrected chi connectivity index (χ0v) is 16.2. The fourth-order valence-corrected chi connectivity index (χ4v) is 5.00. The Hall–Kier alpha value is -2.84. The van der Waals surface area contributed by atoms with Crippen molar-refractivity contribution in [3.8, 4) is 5.69 Å². The molecule has 7 nitrogen and oxygen atoms in total. The van der Waals surface area contributed by atoms with Crippen molar-refractivity contribution in [1.29, 1.82) is 0 Å². The fraction of sp³-hybridized carbons (Fsp3) is 0.158. The number of benzene rings is 2. The number of rotatable bonds is 5. The van der Waals surface area contributed by atoms with Crippen LogP contribution in [0.4, 0.5) is 5.69 Å². The summed E-state index contributed by atoms with van der Waals surface area (Å²) in [6.45, 7) is 0. The quantitative estimate of drug-likeness (QED) is 0.661. The highest BCUT2D eigenvalue weighted by atomic mass is 35.5. The van der Waals surface area contributed by atoms with Crippen molar-refractivity contribution in [1.82, 2.24) is 9.78 Å². The van der Waals surface area contributed by atoms with E-state index in [2.05, 4.69) is 9.82 Å². The second-order valence-electron chi connectivity index (χ2n) is 6.49. The van der Waals surface area contributed by atoms with E-state index >= 15 is 0 Å². The molecular weight excluding hydrogens is 402 g/mol. The van der Waals surface area contributed by atoms with E-state index in [1.807, 2.05) is 0 Å². The van der Waals surface area contributed by atoms with Crippen LogP contribution in [-0.2, 0) is 22.9 Å². The lowest BCUT2D eigenvalue weighted by Crippen LogP contribution is -2.17. The van der Waals surface area contributed by atoms with Gasteiger partial charge in [-0.15, -0.1) is 0 Å². The zero-order valence-electron chi connectivity index (χ0n) is 14.6. The normalized spacial score (nSPS) is 13.3. The number of hydrogen-bond acceptors (Lipinski definition) is 4. The molecule has 4 rings (SSSR count). The summed E-state index contributed by atoms with van der Waals surface area (Å²) >= 11 is 6.07. The Balaban J connectivity index is 1.82. The van der Waals surface area contributed by atoms with Crippen LogP contribution in [0.1, 0.15) is 27.9 Å². The maximum Gasteiger partial charge on any atom is 0.335 e. The monoisotopic (exact) mass is 417 g/mol. The van der Waals surface area contributed by atoms with Gasteiger partial charge in [-0.3, -0.25) is 4.72 Å². The number of fused-ring (bicyclic) bond motifs is 1. The van der Waals surface area contributed by atoms with Gasteiger partial charge in [-0.1, -0.05) is 11.6 Å². The molecule has 0 saturated carbocycles. The molecular formula is C19H16ClN3O4S. The van der Waals surface area contributed by atoms with Crippen molar-refractivity contribution in [2.45, 2.75) is 24.2 Å². The molecule has 1 heterocycles. The molecule has 0 unspecified atom stereocenters. The number of carboxylic acid groups (broad SMARTS) is 1. The number of nitrogens with one attached hydrogen (secondary N) is 1. The Kier molecular flexibility index (Phi) is 4.60. The molecule has 28 heavy (non-hydrogen) atoms. The molecule has 144 valence electrons. The summed E-state index contributed by atoms with van der Waals surface area (Å²) < 4.78 is 30.5. The number of aromatic nitrogens is 2. The minimum atomic E-state index is -4.04. The summed E-state index contributed by atoms with van der Waals surface area (Å²) in [7, 11) is -4.04. The molecule has 0 aliphatic heterocycles. The molecule has 0 fully saturated rings. The van der Waals surface area contributed by atoms with E-state index in [0.717, 1.165) is 12.0 Å². The largest absolute Gasteiger partial charge is 0.478 e. The van der Waals surface area contributed by atoms with Crippen molar-refractivity contribution in [3.05, 3.63) is 70.5 Å². The number of hydrogen-bond donors (Lipinski definition) is 2. The Labute approximate surface area is 166 Å². The van der Waals surface area contributed by atoms with E-state index < -0.39 is 16.0 Å². The SMILES string of the molecule is O=C(O)c1cc2c(c(S(=O)(=O)Nc3cc(Cl)ccc3-n3cccn3)c1)CCC2. The van der Waals surface area contributed by atoms with E-state index in [0.29, 0.717) is 29.1 Å². The number of carbonyl (C=O) groups is 1. The van der Waals surface area contributed by atoms with Gasteiger partial charge in [-0.25, -0.2) is 17.9 Å². The maximum atomic E-state index is 13.2. The number of nitrogens with zero attached hydrogens (tertiary/aromatic N) is 2. The van der Waals surface area contributed by atoms with Gasteiger partial charge in [0, 0.05) is 17.4 Å². The Bertz CT molecular complexity index is 1170. The second kappa shape index (κ2) is 6.96. The van der Waals surface area contributed by atoms with Gasteiger partial charge in [0.1, 0.15) is 0 Å². The molecule has 9 heteroatoms. The Morgan fingerprint density at radius 1 is 1.21 bits per heavy atom. The summed E-state index contributed by atoms with van der Waals surface area (Å²) in [5.74, 6) is -1.16. The van der Waals surface area contributed by atoms with Crippen molar-refractivity contribution in [3.63, 3.8) is 0 Å². The van der Waals surface area contributed by atoms with Gasteiger partial charge in [0.05, 0.1) is 21.8 Å². The molecule has 2 aromatic carbocycles. The van der Waals surface area contributed by atoms with Gasteiger partial charge in [0.25, 0.3) is 10.0 Å². The molecule has 1 aromatic heterocycles. The van der Waals surface area contributed by atoms with E-state index in [9.17, 15) is 18.3 Å². The smallest absolute Gasteiger partial charge is 0.335 e. The average Bonchev–Trinajstić information content (AvgIpc) is 3.32. The summed E-state index contributed by atoms with van der Waals surface area (Å²) in [6.07, 6.45) is 5.30. The fourth-order valence-electron chi connectivity index (χ4n) is 3.43. The van der Waals surface area contributed by atoms with Gasteiger partial charge in [-0.05, 0) is 66.8 Å². The lowest BCUT2D eigenvalue weighted by molar-refractivity contribution is 0.0696. The summed E-state index contributed by atoms with van der Waals surface area (Å²) in [4.78, 5) is 11.4. The van der Waals surface area contributed by atoms with Gasteiger partial charge in [-0.2, -0.15) is 5.10 Å². The summed E-state index contributed by atoms with van der Waals surface area (Å²) in [5, 5.41) is 13.9. The van der Waals surface area contributed by atoms with E-state index in [-0.39, 0.29) is 16.1 Å². The highest BCUT2D eigenvalue weighted by Gasteiger charge is 2.27. The first-order chi connectivity index (χ1) is 13.3. The van der Waals surface area contributed by atoms with Gasteiger partial charge < -0.3 is 5.11 Å². The standard InChI is InChI=1S/C19H16ClN3O4S/c20-14-5-6-17(23-8-2-7-21-23)16(11-14)22-28(26,27)18-10-13(19(24)25)9-12-3-1-4-15(12)18/h2,5-11,22H,1,3-4H2,(H,24,25). The second-order valence-corrected chi connectivity index (χ2v) is 8.58. The van der Waals surface area contributed by atoms with Crippen molar-refractivity contribution < 1.29 is 18.3 Å². The minimum Gasteiger partial charge on any atom is -0.478 e. The molecule has 1 aliphatic carbocycles. The third-order valence-corrected chi connectivity index (χ3v) is 6.33. The molecule has 0 bridgehead atoms. The molecule has 0 atom stereocenters. The molecule has 3 aromatic rings. The number of sulfonamides is 1. The number of carboxylic acids is 1. The first-order valence-corrected chi connectivity index (χ1v) is 10.4. The molecule has 0 radical (unpaired) electrons. The highest BCUT2D eigenvalue weighted by Crippen LogP contribution is 2.33. The Morgan fingerprint density at radius 2 is 2.04 bits per heavy atom. The molecule has 2 N–H and O–H groups in total. The van der Waals surface area contributed by atoms with Crippen molar-refractivity contribution >= 4 is 33.3 Å². The Morgan fingerprint density at radius 3 is 2.75 bits per heavy atom. The van der Waals surface area contributed by atoms with Crippen LogP contribution < -0.4 is 4.72 Å². The van der Waals surface area contributed by atoms with Gasteiger partial charge >= 0.3 is 5.97 Å². The predicted octanol–water partition coefficient (Wildman–Crippen LogP) is 3.51. The average molecular weight is 418 g/mol. The summed E-state index contributed by atoms with van der Waals surface area (Å²) in [5.41, 5.74) is 2.14. The number of halogens is 1. The van der Waals surface area contributed by atoms with E-state index in [1.165, 1.54) is 16.8 Å². The van der Waals surface area contributed by atoms with Crippen LogP contribution >= 0.6 is 11.6 Å².